The number of amides is 2. The van der Waals surface area contributed by atoms with Gasteiger partial charge in [0, 0.05) is 10.6 Å². The fraction of sp³-hybridized carbons (Fsp3) is 0.154. The number of imide groups is 1. The highest BCUT2D eigenvalue weighted by Crippen LogP contribution is 2.42. The average Bonchev–Trinajstić information content (AvgIpc) is 2.98. The van der Waals surface area contributed by atoms with Crippen molar-refractivity contribution in [2.24, 2.45) is 0 Å². The standard InChI is InChI=1S/C26H20ClF3N2O2S/c1-14-4-7-19(8-5-14)35-23-22(31-18-11-15(2)10-16(3)12-18)24(33)32(25(23)34)21-13-17(26(28,29)30)6-9-20(21)27/h4-13,31H,1-3H3. The number of alkyl halides is 3. The predicted octanol–water partition coefficient (Wildman–Crippen LogP) is 7.27. The molecule has 1 aliphatic rings. The molecule has 3 aromatic rings. The molecule has 35 heavy (non-hydrogen) atoms. The summed E-state index contributed by atoms with van der Waals surface area (Å²) >= 11 is 7.23. The van der Waals surface area contributed by atoms with E-state index in [0.717, 1.165) is 40.6 Å². The Balaban J connectivity index is 1.80. The second-order valence-electron chi connectivity index (χ2n) is 8.23. The molecule has 1 heterocycles. The predicted molar refractivity (Wildman–Crippen MR) is 133 cm³/mol. The highest BCUT2D eigenvalue weighted by Gasteiger charge is 2.42. The molecule has 0 unspecified atom stereocenters. The van der Waals surface area contributed by atoms with Gasteiger partial charge in [-0.3, -0.25) is 9.59 Å². The van der Waals surface area contributed by atoms with E-state index in [1.54, 1.807) is 12.1 Å². The maximum Gasteiger partial charge on any atom is 0.416 e. The van der Waals surface area contributed by atoms with E-state index < -0.39 is 23.6 Å². The van der Waals surface area contributed by atoms with Crippen molar-refractivity contribution in [1.29, 1.82) is 0 Å². The minimum absolute atomic E-state index is 0.0287. The van der Waals surface area contributed by atoms with Crippen molar-refractivity contribution in [1.82, 2.24) is 0 Å². The maximum absolute atomic E-state index is 13.5. The second-order valence-corrected chi connectivity index (χ2v) is 9.72. The van der Waals surface area contributed by atoms with Crippen molar-refractivity contribution in [3.63, 3.8) is 0 Å². The van der Waals surface area contributed by atoms with Gasteiger partial charge in [-0.2, -0.15) is 13.2 Å². The Kier molecular flexibility index (Phi) is 6.71. The number of anilines is 2. The molecule has 0 spiro atoms. The van der Waals surface area contributed by atoms with Crippen LogP contribution in [0.1, 0.15) is 22.3 Å². The Labute approximate surface area is 209 Å². The van der Waals surface area contributed by atoms with E-state index in [4.69, 9.17) is 11.6 Å². The number of hydrogen-bond donors (Lipinski definition) is 1. The van der Waals surface area contributed by atoms with Gasteiger partial charge < -0.3 is 5.32 Å². The van der Waals surface area contributed by atoms with Crippen molar-refractivity contribution in [2.45, 2.75) is 31.8 Å². The summed E-state index contributed by atoms with van der Waals surface area (Å²) in [5.41, 5.74) is 2.11. The number of nitrogens with one attached hydrogen (secondary N) is 1. The molecule has 0 aliphatic carbocycles. The zero-order chi connectivity index (χ0) is 25.5. The van der Waals surface area contributed by atoms with Crippen molar-refractivity contribution in [2.75, 3.05) is 10.2 Å². The molecule has 0 aromatic heterocycles. The van der Waals surface area contributed by atoms with E-state index in [1.165, 1.54) is 0 Å². The minimum atomic E-state index is -4.67. The number of carbonyl (C=O) groups excluding carboxylic acids is 2. The third-order valence-electron chi connectivity index (χ3n) is 5.29. The Morgan fingerprint density at radius 3 is 2.06 bits per heavy atom. The second kappa shape index (κ2) is 9.43. The van der Waals surface area contributed by atoms with Gasteiger partial charge >= 0.3 is 6.18 Å². The summed E-state index contributed by atoms with van der Waals surface area (Å²) in [5.74, 6) is -1.54. The van der Waals surface area contributed by atoms with Crippen LogP contribution >= 0.6 is 23.4 Å². The quantitative estimate of drug-likeness (QED) is 0.362. The molecule has 0 saturated carbocycles. The molecule has 4 nitrogen and oxygen atoms in total. The van der Waals surface area contributed by atoms with Crippen LogP contribution in [0.5, 0.6) is 0 Å². The van der Waals surface area contributed by atoms with E-state index >= 15 is 0 Å². The van der Waals surface area contributed by atoms with Gasteiger partial charge in [-0.15, -0.1) is 0 Å². The van der Waals surface area contributed by atoms with Crippen LogP contribution in [0.25, 0.3) is 0 Å². The number of hydrogen-bond acceptors (Lipinski definition) is 4. The smallest absolute Gasteiger partial charge is 0.350 e. The third-order valence-corrected chi connectivity index (χ3v) is 6.70. The number of aryl methyl sites for hydroxylation is 3. The Bertz CT molecular complexity index is 1350. The molecule has 0 bridgehead atoms. The third kappa shape index (κ3) is 5.23. The lowest BCUT2D eigenvalue weighted by atomic mass is 10.1. The topological polar surface area (TPSA) is 49.4 Å². The summed E-state index contributed by atoms with van der Waals surface area (Å²) < 4.78 is 40.1. The van der Waals surface area contributed by atoms with Crippen molar-refractivity contribution >= 4 is 46.6 Å². The molecule has 0 atom stereocenters. The van der Waals surface area contributed by atoms with Gasteiger partial charge in [0.05, 0.1) is 16.3 Å². The van der Waals surface area contributed by atoms with Crippen LogP contribution in [0, 0.1) is 20.8 Å². The van der Waals surface area contributed by atoms with Gasteiger partial charge in [-0.1, -0.05) is 47.1 Å². The van der Waals surface area contributed by atoms with Gasteiger partial charge in [0.15, 0.2) is 0 Å². The monoisotopic (exact) mass is 516 g/mol. The number of carbonyl (C=O) groups is 2. The molecule has 0 radical (unpaired) electrons. The van der Waals surface area contributed by atoms with E-state index in [2.05, 4.69) is 5.32 Å². The van der Waals surface area contributed by atoms with E-state index in [9.17, 15) is 22.8 Å². The Morgan fingerprint density at radius 2 is 1.46 bits per heavy atom. The SMILES string of the molecule is Cc1ccc(SC2=C(Nc3cc(C)cc(C)c3)C(=O)N(c3cc(C(F)(F)F)ccc3Cl)C2=O)cc1. The molecule has 1 aliphatic heterocycles. The number of thioether (sulfide) groups is 1. The lowest BCUT2D eigenvalue weighted by Crippen LogP contribution is -2.33. The Hall–Kier alpha value is -3.23. The van der Waals surface area contributed by atoms with Crippen LogP contribution in [0.4, 0.5) is 24.5 Å². The van der Waals surface area contributed by atoms with Gasteiger partial charge in [-0.05, 0) is 74.4 Å². The van der Waals surface area contributed by atoms with Crippen LogP contribution in [-0.4, -0.2) is 11.8 Å². The Morgan fingerprint density at radius 1 is 0.829 bits per heavy atom. The summed E-state index contributed by atoms with van der Waals surface area (Å²) in [6.45, 7) is 5.71. The summed E-state index contributed by atoms with van der Waals surface area (Å²) in [5, 5.41) is 2.88. The first-order chi connectivity index (χ1) is 16.4. The maximum atomic E-state index is 13.5. The molecule has 180 valence electrons. The van der Waals surface area contributed by atoms with Gasteiger partial charge in [0.2, 0.25) is 0 Å². The van der Waals surface area contributed by atoms with Gasteiger partial charge in [0.25, 0.3) is 11.8 Å². The first kappa shape index (κ1) is 24.9. The summed E-state index contributed by atoms with van der Waals surface area (Å²) in [7, 11) is 0. The first-order valence-corrected chi connectivity index (χ1v) is 11.7. The number of rotatable bonds is 5. The molecule has 3 aromatic carbocycles. The summed E-state index contributed by atoms with van der Waals surface area (Å²) in [4.78, 5) is 28.4. The van der Waals surface area contributed by atoms with Crippen LogP contribution in [-0.2, 0) is 15.8 Å². The minimum Gasteiger partial charge on any atom is -0.350 e. The molecule has 0 saturated heterocycles. The van der Waals surface area contributed by atoms with Crippen molar-refractivity contribution < 1.29 is 22.8 Å². The van der Waals surface area contributed by atoms with E-state index in [0.29, 0.717) is 21.5 Å². The van der Waals surface area contributed by atoms with E-state index in [-0.39, 0.29) is 21.3 Å². The lowest BCUT2D eigenvalue weighted by molar-refractivity contribution is -0.137. The molecular formula is C26H20ClF3N2O2S. The highest BCUT2D eigenvalue weighted by atomic mass is 35.5. The lowest BCUT2D eigenvalue weighted by Gasteiger charge is -2.18. The molecule has 4 rings (SSSR count). The van der Waals surface area contributed by atoms with Crippen LogP contribution in [0.3, 0.4) is 0 Å². The summed E-state index contributed by atoms with van der Waals surface area (Å²) in [6, 6.07) is 15.5. The largest absolute Gasteiger partial charge is 0.416 e. The average molecular weight is 517 g/mol. The molecule has 1 N–H and O–H groups in total. The fourth-order valence-corrected chi connectivity index (χ4v) is 4.84. The fourth-order valence-electron chi connectivity index (χ4n) is 3.71. The molecule has 2 amide bonds. The number of nitrogens with zero attached hydrogens (tertiary/aromatic N) is 1. The molecular weight excluding hydrogens is 497 g/mol. The van der Waals surface area contributed by atoms with Gasteiger partial charge in [-0.25, -0.2) is 4.90 Å². The molecule has 0 fully saturated rings. The first-order valence-electron chi connectivity index (χ1n) is 10.5. The van der Waals surface area contributed by atoms with Crippen molar-refractivity contribution in [3.05, 3.63) is 98.5 Å². The zero-order valence-corrected chi connectivity index (χ0v) is 20.5. The van der Waals surface area contributed by atoms with Gasteiger partial charge in [0.1, 0.15) is 10.6 Å². The highest BCUT2D eigenvalue weighted by molar-refractivity contribution is 8.04. The van der Waals surface area contributed by atoms with Crippen LogP contribution in [0.2, 0.25) is 5.02 Å². The summed E-state index contributed by atoms with van der Waals surface area (Å²) in [6.07, 6.45) is -4.67. The van der Waals surface area contributed by atoms with Crippen LogP contribution < -0.4 is 10.2 Å². The van der Waals surface area contributed by atoms with Crippen molar-refractivity contribution in [3.8, 4) is 0 Å². The van der Waals surface area contributed by atoms with E-state index in [1.807, 2.05) is 51.1 Å². The van der Waals surface area contributed by atoms with Crippen LogP contribution in [0.15, 0.2) is 76.2 Å². The molecule has 9 heteroatoms. The number of benzene rings is 3. The number of halogens is 4. The normalized spacial score (nSPS) is 14.2. The zero-order valence-electron chi connectivity index (χ0n) is 19.0.